The molecule has 0 fully saturated rings. The SMILES string of the molecule is CCC(C)C(=O)OCc1ccc(F)c(Cc2ccccc2)c1. The highest BCUT2D eigenvalue weighted by Gasteiger charge is 2.12. The minimum absolute atomic E-state index is 0.107. The van der Waals surface area contributed by atoms with Crippen molar-refractivity contribution in [3.63, 3.8) is 0 Å². The molecule has 0 spiro atoms. The Labute approximate surface area is 130 Å². The minimum Gasteiger partial charge on any atom is -0.461 e. The number of rotatable bonds is 6. The number of carbonyl (C=O) groups is 1. The van der Waals surface area contributed by atoms with Crippen LogP contribution in [0.3, 0.4) is 0 Å². The molecule has 0 saturated carbocycles. The van der Waals surface area contributed by atoms with Gasteiger partial charge in [-0.2, -0.15) is 0 Å². The Morgan fingerprint density at radius 2 is 1.86 bits per heavy atom. The lowest BCUT2D eigenvalue weighted by Crippen LogP contribution is -2.13. The zero-order valence-corrected chi connectivity index (χ0v) is 13.0. The normalized spacial score (nSPS) is 12.0. The van der Waals surface area contributed by atoms with E-state index in [-0.39, 0.29) is 24.3 Å². The van der Waals surface area contributed by atoms with Gasteiger partial charge in [-0.25, -0.2) is 4.39 Å². The van der Waals surface area contributed by atoms with Crippen molar-refractivity contribution in [1.29, 1.82) is 0 Å². The maximum absolute atomic E-state index is 13.9. The number of halogens is 1. The summed E-state index contributed by atoms with van der Waals surface area (Å²) in [7, 11) is 0. The van der Waals surface area contributed by atoms with E-state index < -0.39 is 0 Å². The third-order valence-electron chi connectivity index (χ3n) is 3.74. The second kappa shape index (κ2) is 7.74. The van der Waals surface area contributed by atoms with E-state index in [1.165, 1.54) is 6.07 Å². The van der Waals surface area contributed by atoms with Crippen LogP contribution >= 0.6 is 0 Å². The van der Waals surface area contributed by atoms with Crippen molar-refractivity contribution in [2.75, 3.05) is 0 Å². The number of hydrogen-bond acceptors (Lipinski definition) is 2. The Morgan fingerprint density at radius 1 is 1.14 bits per heavy atom. The first-order valence-electron chi connectivity index (χ1n) is 7.58. The number of benzene rings is 2. The van der Waals surface area contributed by atoms with E-state index in [2.05, 4.69) is 0 Å². The Kier molecular flexibility index (Phi) is 5.70. The van der Waals surface area contributed by atoms with E-state index in [1.807, 2.05) is 44.2 Å². The lowest BCUT2D eigenvalue weighted by atomic mass is 10.0. The molecule has 2 nitrogen and oxygen atoms in total. The topological polar surface area (TPSA) is 26.3 Å². The predicted octanol–water partition coefficient (Wildman–Crippen LogP) is 4.51. The molecule has 0 aliphatic rings. The van der Waals surface area contributed by atoms with E-state index in [0.717, 1.165) is 17.5 Å². The standard InChI is InChI=1S/C19H21FO2/c1-3-14(2)19(21)22-13-16-9-10-18(20)17(12-16)11-15-7-5-4-6-8-15/h4-10,12,14H,3,11,13H2,1-2H3. The van der Waals surface area contributed by atoms with E-state index >= 15 is 0 Å². The van der Waals surface area contributed by atoms with Gasteiger partial charge in [-0.15, -0.1) is 0 Å². The molecule has 116 valence electrons. The number of carbonyl (C=O) groups excluding carboxylic acids is 1. The van der Waals surface area contributed by atoms with Gasteiger partial charge in [0.25, 0.3) is 0 Å². The Bertz CT molecular complexity index is 623. The van der Waals surface area contributed by atoms with Gasteiger partial charge < -0.3 is 4.74 Å². The largest absolute Gasteiger partial charge is 0.461 e. The highest BCUT2D eigenvalue weighted by molar-refractivity contribution is 5.71. The Balaban J connectivity index is 2.05. The number of esters is 1. The highest BCUT2D eigenvalue weighted by atomic mass is 19.1. The van der Waals surface area contributed by atoms with Crippen molar-refractivity contribution in [1.82, 2.24) is 0 Å². The summed E-state index contributed by atoms with van der Waals surface area (Å²) in [5, 5.41) is 0. The van der Waals surface area contributed by atoms with E-state index in [9.17, 15) is 9.18 Å². The molecule has 0 aliphatic heterocycles. The van der Waals surface area contributed by atoms with Crippen LogP contribution in [0.5, 0.6) is 0 Å². The second-order valence-electron chi connectivity index (χ2n) is 5.51. The van der Waals surface area contributed by atoms with Crippen molar-refractivity contribution < 1.29 is 13.9 Å². The molecular weight excluding hydrogens is 279 g/mol. The number of ether oxygens (including phenoxy) is 1. The molecular formula is C19H21FO2. The lowest BCUT2D eigenvalue weighted by Gasteiger charge is -2.11. The lowest BCUT2D eigenvalue weighted by molar-refractivity contribution is -0.149. The van der Waals surface area contributed by atoms with Crippen LogP contribution in [0.25, 0.3) is 0 Å². The van der Waals surface area contributed by atoms with Gasteiger partial charge in [0.15, 0.2) is 0 Å². The van der Waals surface area contributed by atoms with E-state index in [0.29, 0.717) is 12.0 Å². The first-order valence-corrected chi connectivity index (χ1v) is 7.58. The zero-order valence-electron chi connectivity index (χ0n) is 13.0. The first-order chi connectivity index (χ1) is 10.6. The zero-order chi connectivity index (χ0) is 15.9. The smallest absolute Gasteiger partial charge is 0.308 e. The van der Waals surface area contributed by atoms with E-state index in [1.54, 1.807) is 12.1 Å². The van der Waals surface area contributed by atoms with Gasteiger partial charge in [-0.05, 0) is 35.2 Å². The molecule has 2 aromatic carbocycles. The minimum atomic E-state index is -0.235. The van der Waals surface area contributed by atoms with Crippen LogP contribution in [0.15, 0.2) is 48.5 Å². The van der Waals surface area contributed by atoms with E-state index in [4.69, 9.17) is 4.74 Å². The van der Waals surface area contributed by atoms with Crippen LogP contribution in [-0.2, 0) is 22.6 Å². The predicted molar refractivity (Wildman–Crippen MR) is 84.9 cm³/mol. The maximum atomic E-state index is 13.9. The van der Waals surface area contributed by atoms with Crippen LogP contribution in [0.1, 0.15) is 37.0 Å². The van der Waals surface area contributed by atoms with Gasteiger partial charge >= 0.3 is 5.97 Å². The molecule has 2 aromatic rings. The van der Waals surface area contributed by atoms with Crippen LogP contribution in [0.4, 0.5) is 4.39 Å². The molecule has 0 bridgehead atoms. The Hall–Kier alpha value is -2.16. The van der Waals surface area contributed by atoms with Crippen molar-refractivity contribution >= 4 is 5.97 Å². The average molecular weight is 300 g/mol. The molecule has 3 heteroatoms. The summed E-state index contributed by atoms with van der Waals surface area (Å²) < 4.78 is 19.2. The number of hydrogen-bond donors (Lipinski definition) is 0. The highest BCUT2D eigenvalue weighted by Crippen LogP contribution is 2.16. The van der Waals surface area contributed by atoms with Gasteiger partial charge in [0.1, 0.15) is 12.4 Å². The molecule has 0 radical (unpaired) electrons. The van der Waals surface area contributed by atoms with Crippen molar-refractivity contribution in [2.24, 2.45) is 5.92 Å². The van der Waals surface area contributed by atoms with Gasteiger partial charge in [0, 0.05) is 6.42 Å². The molecule has 0 aliphatic carbocycles. The maximum Gasteiger partial charge on any atom is 0.308 e. The quantitative estimate of drug-likeness (QED) is 0.734. The summed E-state index contributed by atoms with van der Waals surface area (Å²) in [6.07, 6.45) is 1.28. The molecule has 1 unspecified atom stereocenters. The van der Waals surface area contributed by atoms with Crippen molar-refractivity contribution in [3.05, 3.63) is 71.0 Å². The van der Waals surface area contributed by atoms with Gasteiger partial charge in [-0.3, -0.25) is 4.79 Å². The summed E-state index contributed by atoms with van der Waals surface area (Å²) in [5.41, 5.74) is 2.47. The Morgan fingerprint density at radius 3 is 2.55 bits per heavy atom. The van der Waals surface area contributed by atoms with Crippen LogP contribution in [0.2, 0.25) is 0 Å². The second-order valence-corrected chi connectivity index (χ2v) is 5.51. The van der Waals surface area contributed by atoms with Gasteiger partial charge in [0.2, 0.25) is 0 Å². The summed E-state index contributed by atoms with van der Waals surface area (Å²) in [4.78, 5) is 11.7. The van der Waals surface area contributed by atoms with Gasteiger partial charge in [0.05, 0.1) is 5.92 Å². The van der Waals surface area contributed by atoms with Crippen LogP contribution in [-0.4, -0.2) is 5.97 Å². The average Bonchev–Trinajstić information content (AvgIpc) is 2.55. The molecule has 0 aromatic heterocycles. The van der Waals surface area contributed by atoms with Crippen LogP contribution < -0.4 is 0 Å². The molecule has 0 amide bonds. The van der Waals surface area contributed by atoms with Crippen molar-refractivity contribution in [3.8, 4) is 0 Å². The summed E-state index contributed by atoms with van der Waals surface area (Å²) in [6, 6.07) is 14.6. The van der Waals surface area contributed by atoms with Crippen LogP contribution in [0, 0.1) is 11.7 Å². The fourth-order valence-corrected chi connectivity index (χ4v) is 2.13. The summed E-state index contributed by atoms with van der Waals surface area (Å²) >= 11 is 0. The van der Waals surface area contributed by atoms with Gasteiger partial charge in [-0.1, -0.05) is 50.2 Å². The molecule has 0 heterocycles. The third kappa shape index (κ3) is 4.42. The molecule has 1 atom stereocenters. The molecule has 2 rings (SSSR count). The fourth-order valence-electron chi connectivity index (χ4n) is 2.13. The summed E-state index contributed by atoms with van der Waals surface area (Å²) in [5.74, 6) is -0.554. The molecule has 0 saturated heterocycles. The first kappa shape index (κ1) is 16.2. The van der Waals surface area contributed by atoms with Crippen molar-refractivity contribution in [2.45, 2.75) is 33.3 Å². The fraction of sp³-hybridized carbons (Fsp3) is 0.316. The molecule has 22 heavy (non-hydrogen) atoms. The monoisotopic (exact) mass is 300 g/mol. The third-order valence-corrected chi connectivity index (χ3v) is 3.74. The summed E-state index contributed by atoms with van der Waals surface area (Å²) in [6.45, 7) is 3.97. The molecule has 0 N–H and O–H groups in total.